The van der Waals surface area contributed by atoms with Gasteiger partial charge in [-0.05, 0) is 48.7 Å². The summed E-state index contributed by atoms with van der Waals surface area (Å²) in [5, 5.41) is 0. The minimum absolute atomic E-state index is 0. The molecule has 0 spiro atoms. The molecule has 3 rings (SSSR count). The van der Waals surface area contributed by atoms with E-state index >= 15 is 0 Å². The molecular formula is C19H22Cl2F3N3O2. The highest BCUT2D eigenvalue weighted by Crippen LogP contribution is 2.31. The van der Waals surface area contributed by atoms with Gasteiger partial charge in [-0.15, -0.1) is 24.8 Å². The van der Waals surface area contributed by atoms with Gasteiger partial charge in [0.25, 0.3) is 5.91 Å². The van der Waals surface area contributed by atoms with Crippen molar-refractivity contribution in [3.8, 4) is 11.6 Å². The van der Waals surface area contributed by atoms with Crippen LogP contribution in [-0.2, 0) is 6.18 Å². The maximum absolute atomic E-state index is 12.6. The lowest BCUT2D eigenvalue weighted by Gasteiger charge is -2.22. The number of rotatable bonds is 4. The smallest absolute Gasteiger partial charge is 0.417 e. The summed E-state index contributed by atoms with van der Waals surface area (Å²) >= 11 is 0. The van der Waals surface area contributed by atoms with Crippen LogP contribution in [0.5, 0.6) is 11.6 Å². The fourth-order valence-corrected chi connectivity index (χ4v) is 2.94. The first-order valence-corrected chi connectivity index (χ1v) is 8.51. The van der Waals surface area contributed by atoms with Crippen molar-refractivity contribution < 1.29 is 22.7 Å². The van der Waals surface area contributed by atoms with Crippen molar-refractivity contribution in [1.29, 1.82) is 0 Å². The van der Waals surface area contributed by atoms with E-state index in [4.69, 9.17) is 10.5 Å². The first kappa shape index (κ1) is 25.0. The molecule has 1 saturated heterocycles. The molecule has 1 aliphatic heterocycles. The molecule has 2 aromatic rings. The van der Waals surface area contributed by atoms with E-state index in [1.54, 1.807) is 29.2 Å². The Bertz CT molecular complexity index is 817. The maximum atomic E-state index is 12.6. The fraction of sp³-hybridized carbons (Fsp3) is 0.368. The molecule has 1 aromatic heterocycles. The number of benzene rings is 1. The van der Waals surface area contributed by atoms with Crippen molar-refractivity contribution in [2.24, 2.45) is 11.1 Å². The predicted octanol–water partition coefficient (Wildman–Crippen LogP) is 4.55. The zero-order chi connectivity index (χ0) is 19.7. The molecule has 1 aliphatic rings. The summed E-state index contributed by atoms with van der Waals surface area (Å²) < 4.78 is 43.1. The fourth-order valence-electron chi connectivity index (χ4n) is 2.94. The monoisotopic (exact) mass is 451 g/mol. The minimum atomic E-state index is -4.44. The number of carbonyl (C=O) groups excluding carboxylic acids is 1. The number of alkyl halides is 3. The van der Waals surface area contributed by atoms with Gasteiger partial charge in [0.05, 0.1) is 5.56 Å². The number of hydrogen-bond donors (Lipinski definition) is 1. The lowest BCUT2D eigenvalue weighted by Crippen LogP contribution is -2.34. The molecule has 1 fully saturated rings. The second-order valence-electron chi connectivity index (χ2n) is 7.00. The topological polar surface area (TPSA) is 68.5 Å². The van der Waals surface area contributed by atoms with Crippen molar-refractivity contribution in [1.82, 2.24) is 9.88 Å². The van der Waals surface area contributed by atoms with Crippen molar-refractivity contribution in [3.05, 3.63) is 53.7 Å². The number of carbonyl (C=O) groups is 1. The molecule has 2 N–H and O–H groups in total. The standard InChI is InChI=1S/C19H20F3N3O2.2ClH/c1-18(11-23)8-9-25(12-18)17(26)13-2-5-15(6-3-13)27-16-7-4-14(10-24-16)19(20,21)22;;/h2-7,10H,8-9,11-12,23H2,1H3;2*1H. The summed E-state index contributed by atoms with van der Waals surface area (Å²) in [4.78, 5) is 18.0. The van der Waals surface area contributed by atoms with Crippen LogP contribution >= 0.6 is 24.8 Å². The van der Waals surface area contributed by atoms with Crippen molar-refractivity contribution in [2.75, 3.05) is 19.6 Å². The molecule has 1 unspecified atom stereocenters. The number of amides is 1. The van der Waals surface area contributed by atoms with Gasteiger partial charge in [0.15, 0.2) is 0 Å². The van der Waals surface area contributed by atoms with Crippen LogP contribution in [0.1, 0.15) is 29.3 Å². The second kappa shape index (κ2) is 9.65. The number of halogens is 5. The Morgan fingerprint density at radius 1 is 1.21 bits per heavy atom. The normalized spacial score (nSPS) is 18.6. The Kier molecular flexibility index (Phi) is 8.32. The number of nitrogens with two attached hydrogens (primary N) is 1. The van der Waals surface area contributed by atoms with Crippen LogP contribution in [0.15, 0.2) is 42.6 Å². The van der Waals surface area contributed by atoms with E-state index in [2.05, 4.69) is 11.9 Å². The summed E-state index contributed by atoms with van der Waals surface area (Å²) in [6.07, 6.45) is -2.85. The second-order valence-corrected chi connectivity index (χ2v) is 7.00. The van der Waals surface area contributed by atoms with Crippen LogP contribution < -0.4 is 10.5 Å². The van der Waals surface area contributed by atoms with Crippen molar-refractivity contribution >= 4 is 30.7 Å². The van der Waals surface area contributed by atoms with Gasteiger partial charge in [0, 0.05) is 30.9 Å². The number of ether oxygens (including phenoxy) is 1. The van der Waals surface area contributed by atoms with Gasteiger partial charge < -0.3 is 15.4 Å². The molecule has 0 radical (unpaired) electrons. The average Bonchev–Trinajstić information content (AvgIpc) is 3.04. The van der Waals surface area contributed by atoms with Crippen LogP contribution in [-0.4, -0.2) is 35.4 Å². The molecule has 5 nitrogen and oxygen atoms in total. The van der Waals surface area contributed by atoms with E-state index in [9.17, 15) is 18.0 Å². The lowest BCUT2D eigenvalue weighted by atomic mass is 9.90. The summed E-state index contributed by atoms with van der Waals surface area (Å²) in [5.74, 6) is 0.346. The SMILES string of the molecule is CC1(CN)CCN(C(=O)c2ccc(Oc3ccc(C(F)(F)F)cn3)cc2)C1.Cl.Cl. The maximum Gasteiger partial charge on any atom is 0.417 e. The van der Waals surface area contributed by atoms with Crippen LogP contribution in [0.3, 0.4) is 0 Å². The van der Waals surface area contributed by atoms with Gasteiger partial charge in [-0.2, -0.15) is 13.2 Å². The Hall–Kier alpha value is -2.03. The quantitative estimate of drug-likeness (QED) is 0.740. The van der Waals surface area contributed by atoms with Gasteiger partial charge in [-0.1, -0.05) is 6.92 Å². The van der Waals surface area contributed by atoms with E-state index in [0.717, 1.165) is 24.8 Å². The Morgan fingerprint density at radius 2 is 1.86 bits per heavy atom. The summed E-state index contributed by atoms with van der Waals surface area (Å²) in [6, 6.07) is 8.48. The van der Waals surface area contributed by atoms with E-state index < -0.39 is 11.7 Å². The minimum Gasteiger partial charge on any atom is -0.439 e. The highest BCUT2D eigenvalue weighted by molar-refractivity contribution is 5.94. The Balaban J connectivity index is 0.00000210. The first-order valence-electron chi connectivity index (χ1n) is 8.51. The van der Waals surface area contributed by atoms with Gasteiger partial charge in [0.2, 0.25) is 5.88 Å². The molecule has 0 aliphatic carbocycles. The number of nitrogens with zero attached hydrogens (tertiary/aromatic N) is 2. The Morgan fingerprint density at radius 3 is 2.34 bits per heavy atom. The summed E-state index contributed by atoms with van der Waals surface area (Å²) in [5.41, 5.74) is 5.40. The molecule has 29 heavy (non-hydrogen) atoms. The molecule has 0 saturated carbocycles. The molecule has 0 bridgehead atoms. The molecule has 1 amide bonds. The van der Waals surface area contributed by atoms with Crippen LogP contribution in [0.4, 0.5) is 13.2 Å². The zero-order valence-corrected chi connectivity index (χ0v) is 17.2. The van der Waals surface area contributed by atoms with E-state index in [1.807, 2.05) is 0 Å². The third-order valence-corrected chi connectivity index (χ3v) is 4.73. The molecule has 1 aromatic carbocycles. The largest absolute Gasteiger partial charge is 0.439 e. The number of aromatic nitrogens is 1. The summed E-state index contributed by atoms with van der Waals surface area (Å²) in [6.45, 7) is 3.88. The highest BCUT2D eigenvalue weighted by Gasteiger charge is 2.35. The molecule has 10 heteroatoms. The highest BCUT2D eigenvalue weighted by atomic mass is 35.5. The van der Waals surface area contributed by atoms with E-state index in [-0.39, 0.29) is 42.0 Å². The molecule has 160 valence electrons. The first-order chi connectivity index (χ1) is 12.7. The van der Waals surface area contributed by atoms with E-state index in [0.29, 0.717) is 30.9 Å². The van der Waals surface area contributed by atoms with Crippen molar-refractivity contribution in [2.45, 2.75) is 19.5 Å². The third kappa shape index (κ3) is 5.98. The molecule has 2 heterocycles. The molecular weight excluding hydrogens is 430 g/mol. The third-order valence-electron chi connectivity index (χ3n) is 4.73. The van der Waals surface area contributed by atoms with Crippen LogP contribution in [0.25, 0.3) is 0 Å². The predicted molar refractivity (Wildman–Crippen MR) is 108 cm³/mol. The van der Waals surface area contributed by atoms with Crippen LogP contribution in [0.2, 0.25) is 0 Å². The average molecular weight is 452 g/mol. The van der Waals surface area contributed by atoms with Gasteiger partial charge in [0.1, 0.15) is 5.75 Å². The molecule has 1 atom stereocenters. The van der Waals surface area contributed by atoms with Gasteiger partial charge in [-0.25, -0.2) is 4.98 Å². The number of likely N-dealkylation sites (tertiary alicyclic amines) is 1. The van der Waals surface area contributed by atoms with Gasteiger partial charge in [-0.3, -0.25) is 4.79 Å². The van der Waals surface area contributed by atoms with E-state index in [1.165, 1.54) is 0 Å². The van der Waals surface area contributed by atoms with Crippen molar-refractivity contribution in [3.63, 3.8) is 0 Å². The number of hydrogen-bond acceptors (Lipinski definition) is 4. The summed E-state index contributed by atoms with van der Waals surface area (Å²) in [7, 11) is 0. The van der Waals surface area contributed by atoms with Crippen LogP contribution in [0, 0.1) is 5.41 Å². The lowest BCUT2D eigenvalue weighted by molar-refractivity contribution is -0.137. The van der Waals surface area contributed by atoms with Gasteiger partial charge >= 0.3 is 6.18 Å². The number of pyridine rings is 1. The zero-order valence-electron chi connectivity index (χ0n) is 15.6. The Labute approximate surface area is 179 Å².